The highest BCUT2D eigenvalue weighted by atomic mass is 16.4. The Labute approximate surface area is 120 Å². The van der Waals surface area contributed by atoms with Gasteiger partial charge in [0, 0.05) is 18.9 Å². The maximum atomic E-state index is 12.2. The number of rotatable bonds is 5. The number of aliphatic hydroxyl groups is 1. The van der Waals surface area contributed by atoms with Crippen LogP contribution >= 0.6 is 0 Å². The van der Waals surface area contributed by atoms with Crippen molar-refractivity contribution in [3.8, 4) is 0 Å². The normalized spacial score (nSPS) is 13.6. The minimum atomic E-state index is -1.52. The summed E-state index contributed by atoms with van der Waals surface area (Å²) in [5, 5.41) is 21.1. The average Bonchev–Trinajstić information content (AvgIpc) is 2.43. The SMILES string of the molecule is CC(O)(CNC(=O)c1cccc2nccnc12)CC(=O)O. The average molecular weight is 289 g/mol. The Kier molecular flexibility index (Phi) is 4.13. The number of para-hydroxylation sites is 1. The highest BCUT2D eigenvalue weighted by molar-refractivity contribution is 6.04. The van der Waals surface area contributed by atoms with Crippen LogP contribution in [0.1, 0.15) is 23.7 Å². The molecule has 0 bridgehead atoms. The molecule has 1 aromatic heterocycles. The van der Waals surface area contributed by atoms with Crippen molar-refractivity contribution >= 4 is 22.9 Å². The van der Waals surface area contributed by atoms with Gasteiger partial charge in [-0.25, -0.2) is 0 Å². The van der Waals surface area contributed by atoms with Crippen LogP contribution in [0.4, 0.5) is 0 Å². The number of carboxylic acids is 1. The third-order valence-electron chi connectivity index (χ3n) is 2.91. The molecule has 1 amide bonds. The van der Waals surface area contributed by atoms with Crippen molar-refractivity contribution in [2.75, 3.05) is 6.54 Å². The first-order valence-electron chi connectivity index (χ1n) is 6.31. The van der Waals surface area contributed by atoms with Crippen LogP contribution in [0.25, 0.3) is 11.0 Å². The number of aromatic nitrogens is 2. The Bertz CT molecular complexity index is 679. The number of nitrogens with zero attached hydrogens (tertiary/aromatic N) is 2. The van der Waals surface area contributed by atoms with Crippen molar-refractivity contribution in [3.05, 3.63) is 36.2 Å². The van der Waals surface area contributed by atoms with Crippen LogP contribution in [0.15, 0.2) is 30.6 Å². The highest BCUT2D eigenvalue weighted by Gasteiger charge is 2.25. The van der Waals surface area contributed by atoms with Crippen molar-refractivity contribution in [2.45, 2.75) is 18.9 Å². The Morgan fingerprint density at radius 3 is 2.71 bits per heavy atom. The first-order valence-corrected chi connectivity index (χ1v) is 6.31. The van der Waals surface area contributed by atoms with E-state index < -0.39 is 23.9 Å². The molecule has 1 aromatic carbocycles. The second-order valence-corrected chi connectivity index (χ2v) is 4.98. The number of amides is 1. The van der Waals surface area contributed by atoms with E-state index in [4.69, 9.17) is 5.11 Å². The number of benzene rings is 1. The summed E-state index contributed by atoms with van der Waals surface area (Å²) in [4.78, 5) is 31.0. The van der Waals surface area contributed by atoms with E-state index in [-0.39, 0.29) is 6.54 Å². The topological polar surface area (TPSA) is 112 Å². The van der Waals surface area contributed by atoms with Crippen LogP contribution in [0.2, 0.25) is 0 Å². The second kappa shape index (κ2) is 5.84. The Morgan fingerprint density at radius 1 is 1.29 bits per heavy atom. The molecule has 7 heteroatoms. The van der Waals surface area contributed by atoms with E-state index in [0.29, 0.717) is 16.6 Å². The van der Waals surface area contributed by atoms with Crippen LogP contribution in [-0.4, -0.2) is 44.2 Å². The van der Waals surface area contributed by atoms with E-state index in [1.807, 2.05) is 0 Å². The summed E-state index contributed by atoms with van der Waals surface area (Å²) in [6.45, 7) is 1.18. The quantitative estimate of drug-likeness (QED) is 0.742. The van der Waals surface area contributed by atoms with Gasteiger partial charge in [-0.15, -0.1) is 0 Å². The maximum Gasteiger partial charge on any atom is 0.306 e. The molecule has 0 radical (unpaired) electrons. The van der Waals surface area contributed by atoms with E-state index in [9.17, 15) is 14.7 Å². The second-order valence-electron chi connectivity index (χ2n) is 4.98. The molecule has 110 valence electrons. The third-order valence-corrected chi connectivity index (χ3v) is 2.91. The van der Waals surface area contributed by atoms with E-state index in [2.05, 4.69) is 15.3 Å². The number of carboxylic acid groups (broad SMARTS) is 1. The molecular weight excluding hydrogens is 274 g/mol. The molecule has 2 aromatic rings. The van der Waals surface area contributed by atoms with Crippen molar-refractivity contribution < 1.29 is 19.8 Å². The zero-order valence-corrected chi connectivity index (χ0v) is 11.4. The summed E-state index contributed by atoms with van der Waals surface area (Å²) < 4.78 is 0. The van der Waals surface area contributed by atoms with Crippen molar-refractivity contribution in [2.24, 2.45) is 0 Å². The summed E-state index contributed by atoms with van der Waals surface area (Å²) in [5.74, 6) is -1.57. The number of nitrogens with one attached hydrogen (secondary N) is 1. The monoisotopic (exact) mass is 289 g/mol. The van der Waals surface area contributed by atoms with Crippen molar-refractivity contribution in [3.63, 3.8) is 0 Å². The predicted molar refractivity (Wildman–Crippen MR) is 74.7 cm³/mol. The Morgan fingerprint density at radius 2 is 2.00 bits per heavy atom. The Hall–Kier alpha value is -2.54. The number of fused-ring (bicyclic) bond motifs is 1. The van der Waals surface area contributed by atoms with Crippen molar-refractivity contribution in [1.82, 2.24) is 15.3 Å². The molecule has 7 nitrogen and oxygen atoms in total. The van der Waals surface area contributed by atoms with Crippen LogP contribution in [0.3, 0.4) is 0 Å². The third kappa shape index (κ3) is 3.73. The summed E-state index contributed by atoms with van der Waals surface area (Å²) in [7, 11) is 0. The molecule has 0 saturated carbocycles. The fourth-order valence-electron chi connectivity index (χ4n) is 1.93. The van der Waals surface area contributed by atoms with Gasteiger partial charge in [-0.1, -0.05) is 6.07 Å². The van der Waals surface area contributed by atoms with Crippen LogP contribution in [0.5, 0.6) is 0 Å². The molecule has 2 rings (SSSR count). The summed E-state index contributed by atoms with van der Waals surface area (Å²) in [6.07, 6.45) is 2.56. The molecular formula is C14H15N3O4. The first kappa shape index (κ1) is 14.9. The lowest BCUT2D eigenvalue weighted by Crippen LogP contribution is -2.42. The predicted octanol–water partition coefficient (Wildman–Crippen LogP) is 0.585. The van der Waals surface area contributed by atoms with Gasteiger partial charge >= 0.3 is 5.97 Å². The maximum absolute atomic E-state index is 12.2. The number of carbonyl (C=O) groups is 2. The largest absolute Gasteiger partial charge is 0.481 e. The van der Waals surface area contributed by atoms with Gasteiger partial charge in [-0.2, -0.15) is 0 Å². The van der Waals surface area contributed by atoms with Crippen molar-refractivity contribution in [1.29, 1.82) is 0 Å². The van der Waals surface area contributed by atoms with Crippen LogP contribution in [-0.2, 0) is 4.79 Å². The summed E-state index contributed by atoms with van der Waals surface area (Å²) >= 11 is 0. The van der Waals surface area contributed by atoms with Crippen LogP contribution in [0, 0.1) is 0 Å². The number of hydrogen-bond acceptors (Lipinski definition) is 5. The van der Waals surface area contributed by atoms with E-state index in [1.165, 1.54) is 19.3 Å². The van der Waals surface area contributed by atoms with Gasteiger partial charge in [0.05, 0.1) is 23.1 Å². The molecule has 3 N–H and O–H groups in total. The lowest BCUT2D eigenvalue weighted by atomic mass is 10.0. The van der Waals surface area contributed by atoms with E-state index >= 15 is 0 Å². The molecule has 0 aliphatic rings. The standard InChI is InChI=1S/C14H15N3O4/c1-14(21,7-11(18)19)8-17-13(20)9-3-2-4-10-12(9)16-6-5-15-10/h2-6,21H,7-8H2,1H3,(H,17,20)(H,18,19). The summed E-state index contributed by atoms with van der Waals surface area (Å²) in [6, 6.07) is 5.01. The molecule has 0 fully saturated rings. The highest BCUT2D eigenvalue weighted by Crippen LogP contribution is 2.14. The Balaban J connectivity index is 2.14. The minimum Gasteiger partial charge on any atom is -0.481 e. The molecule has 0 aliphatic heterocycles. The minimum absolute atomic E-state index is 0.172. The molecule has 21 heavy (non-hydrogen) atoms. The number of hydrogen-bond donors (Lipinski definition) is 3. The van der Waals surface area contributed by atoms with Gasteiger partial charge in [-0.05, 0) is 19.1 Å². The fourth-order valence-corrected chi connectivity index (χ4v) is 1.93. The number of aliphatic carboxylic acids is 1. The molecule has 0 saturated heterocycles. The molecule has 1 heterocycles. The van der Waals surface area contributed by atoms with Gasteiger partial charge in [0.2, 0.25) is 0 Å². The molecule has 1 unspecified atom stereocenters. The van der Waals surface area contributed by atoms with Gasteiger partial charge in [-0.3, -0.25) is 19.6 Å². The van der Waals surface area contributed by atoms with Gasteiger partial charge < -0.3 is 15.5 Å². The van der Waals surface area contributed by atoms with E-state index in [1.54, 1.807) is 18.2 Å². The van der Waals surface area contributed by atoms with Gasteiger partial charge in [0.1, 0.15) is 5.52 Å². The molecule has 1 atom stereocenters. The number of carbonyl (C=O) groups excluding carboxylic acids is 1. The summed E-state index contributed by atoms with van der Waals surface area (Å²) in [5.41, 5.74) is -0.151. The van der Waals surface area contributed by atoms with Gasteiger partial charge in [0.15, 0.2) is 0 Å². The van der Waals surface area contributed by atoms with Gasteiger partial charge in [0.25, 0.3) is 5.91 Å². The zero-order chi connectivity index (χ0) is 15.5. The smallest absolute Gasteiger partial charge is 0.306 e. The lowest BCUT2D eigenvalue weighted by Gasteiger charge is -2.21. The van der Waals surface area contributed by atoms with Crippen LogP contribution < -0.4 is 5.32 Å². The lowest BCUT2D eigenvalue weighted by molar-refractivity contribution is -0.141. The van der Waals surface area contributed by atoms with E-state index in [0.717, 1.165) is 0 Å². The zero-order valence-electron chi connectivity index (χ0n) is 11.4. The fraction of sp³-hybridized carbons (Fsp3) is 0.286. The first-order chi connectivity index (χ1) is 9.89. The molecule has 0 aliphatic carbocycles. The molecule has 0 spiro atoms.